The van der Waals surface area contributed by atoms with E-state index < -0.39 is 12.0 Å². The van der Waals surface area contributed by atoms with Crippen molar-refractivity contribution in [1.29, 1.82) is 0 Å². The molecule has 1 unspecified atom stereocenters. The fourth-order valence-electron chi connectivity index (χ4n) is 1.80. The zero-order chi connectivity index (χ0) is 12.0. The largest absolute Gasteiger partial charge is 0.480 e. The number of carbonyl (C=O) groups is 2. The van der Waals surface area contributed by atoms with Gasteiger partial charge in [0.05, 0.1) is 0 Å². The van der Waals surface area contributed by atoms with Crippen molar-refractivity contribution in [2.45, 2.75) is 38.6 Å². The molecule has 0 aliphatic carbocycles. The van der Waals surface area contributed by atoms with Gasteiger partial charge in [0.15, 0.2) is 0 Å². The van der Waals surface area contributed by atoms with Gasteiger partial charge in [-0.15, -0.1) is 0 Å². The van der Waals surface area contributed by atoms with Gasteiger partial charge in [-0.1, -0.05) is 13.3 Å². The summed E-state index contributed by atoms with van der Waals surface area (Å²) < 4.78 is 0. The molecule has 0 saturated carbocycles. The zero-order valence-electron chi connectivity index (χ0n) is 9.57. The molecule has 0 aromatic carbocycles. The van der Waals surface area contributed by atoms with Crippen LogP contribution in [0.4, 0.5) is 0 Å². The summed E-state index contributed by atoms with van der Waals surface area (Å²) >= 11 is 1.86. The van der Waals surface area contributed by atoms with Crippen molar-refractivity contribution in [2.24, 2.45) is 5.92 Å². The van der Waals surface area contributed by atoms with Crippen LogP contribution in [0.2, 0.25) is 0 Å². The van der Waals surface area contributed by atoms with Crippen LogP contribution >= 0.6 is 11.8 Å². The highest BCUT2D eigenvalue weighted by Gasteiger charge is 2.25. The molecule has 0 aromatic heterocycles. The maximum Gasteiger partial charge on any atom is 0.326 e. The lowest BCUT2D eigenvalue weighted by atomic mass is 10.0. The molecule has 1 heterocycles. The minimum absolute atomic E-state index is 0.0138. The molecule has 1 fully saturated rings. The Morgan fingerprint density at radius 2 is 2.06 bits per heavy atom. The Bertz CT molecular complexity index is 252. The second-order valence-electron chi connectivity index (χ2n) is 4.07. The Morgan fingerprint density at radius 3 is 2.56 bits per heavy atom. The van der Waals surface area contributed by atoms with Crippen molar-refractivity contribution in [3.05, 3.63) is 0 Å². The molecule has 5 heteroatoms. The number of carboxylic acid groups (broad SMARTS) is 1. The number of hydrogen-bond donors (Lipinski definition) is 2. The fraction of sp³-hybridized carbons (Fsp3) is 0.818. The molecule has 92 valence electrons. The molecule has 0 aromatic rings. The van der Waals surface area contributed by atoms with E-state index in [2.05, 4.69) is 5.32 Å². The summed E-state index contributed by atoms with van der Waals surface area (Å²) in [6.45, 7) is 1.92. The first-order chi connectivity index (χ1) is 7.65. The summed E-state index contributed by atoms with van der Waals surface area (Å²) in [5.41, 5.74) is 0. The van der Waals surface area contributed by atoms with Crippen molar-refractivity contribution in [2.75, 3.05) is 11.5 Å². The van der Waals surface area contributed by atoms with Crippen LogP contribution in [-0.4, -0.2) is 34.5 Å². The summed E-state index contributed by atoms with van der Waals surface area (Å²) in [5.74, 6) is 1.01. The fourth-order valence-corrected chi connectivity index (χ4v) is 2.90. The van der Waals surface area contributed by atoms with Crippen molar-refractivity contribution in [1.82, 2.24) is 5.32 Å². The lowest BCUT2D eigenvalue weighted by Gasteiger charge is -2.22. The summed E-state index contributed by atoms with van der Waals surface area (Å²) in [7, 11) is 0. The maximum absolute atomic E-state index is 11.8. The maximum atomic E-state index is 11.8. The summed E-state index contributed by atoms with van der Waals surface area (Å²) in [6, 6.07) is -0.716. The third-order valence-electron chi connectivity index (χ3n) is 2.78. The minimum atomic E-state index is -0.930. The molecule has 1 atom stereocenters. The topological polar surface area (TPSA) is 66.4 Å². The number of amides is 1. The molecule has 1 aliphatic heterocycles. The lowest BCUT2D eigenvalue weighted by Crippen LogP contribution is -2.44. The predicted molar refractivity (Wildman–Crippen MR) is 64.5 cm³/mol. The van der Waals surface area contributed by atoms with Crippen LogP contribution in [0.1, 0.15) is 32.6 Å². The van der Waals surface area contributed by atoms with E-state index in [1.165, 1.54) is 0 Å². The number of carboxylic acids is 1. The van der Waals surface area contributed by atoms with E-state index in [1.54, 1.807) is 0 Å². The molecule has 1 saturated heterocycles. The monoisotopic (exact) mass is 245 g/mol. The number of nitrogens with one attached hydrogen (secondary N) is 1. The van der Waals surface area contributed by atoms with Gasteiger partial charge in [0, 0.05) is 5.92 Å². The van der Waals surface area contributed by atoms with Crippen LogP contribution in [0.25, 0.3) is 0 Å². The van der Waals surface area contributed by atoms with E-state index in [-0.39, 0.29) is 11.8 Å². The van der Waals surface area contributed by atoms with Gasteiger partial charge in [0.2, 0.25) is 5.91 Å². The molecule has 0 spiro atoms. The summed E-state index contributed by atoms with van der Waals surface area (Å²) in [4.78, 5) is 22.7. The average molecular weight is 245 g/mol. The van der Waals surface area contributed by atoms with Crippen molar-refractivity contribution in [3.8, 4) is 0 Å². The number of thioether (sulfide) groups is 1. The molecule has 1 amide bonds. The Hall–Kier alpha value is -0.710. The molecular weight excluding hydrogens is 226 g/mol. The SMILES string of the molecule is CCCC(NC(=O)C1CCSCC1)C(=O)O. The van der Waals surface area contributed by atoms with Crippen LogP contribution in [-0.2, 0) is 9.59 Å². The highest BCUT2D eigenvalue weighted by atomic mass is 32.2. The third-order valence-corrected chi connectivity index (χ3v) is 3.83. The molecule has 0 bridgehead atoms. The summed E-state index contributed by atoms with van der Waals surface area (Å²) in [6.07, 6.45) is 3.00. The van der Waals surface area contributed by atoms with E-state index in [4.69, 9.17) is 5.11 Å². The van der Waals surface area contributed by atoms with E-state index in [0.29, 0.717) is 6.42 Å². The Morgan fingerprint density at radius 1 is 1.44 bits per heavy atom. The van der Waals surface area contributed by atoms with Crippen molar-refractivity contribution in [3.63, 3.8) is 0 Å². The Balaban J connectivity index is 2.43. The van der Waals surface area contributed by atoms with E-state index in [0.717, 1.165) is 30.8 Å². The van der Waals surface area contributed by atoms with Crippen LogP contribution in [0.3, 0.4) is 0 Å². The predicted octanol–water partition coefficient (Wildman–Crippen LogP) is 1.50. The van der Waals surface area contributed by atoms with Gasteiger partial charge < -0.3 is 10.4 Å². The summed E-state index contributed by atoms with van der Waals surface area (Å²) in [5, 5.41) is 11.6. The molecular formula is C11H19NO3S. The number of carbonyl (C=O) groups excluding carboxylic acids is 1. The number of rotatable bonds is 5. The van der Waals surface area contributed by atoms with Gasteiger partial charge in [0.1, 0.15) is 6.04 Å². The second-order valence-corrected chi connectivity index (χ2v) is 5.30. The molecule has 4 nitrogen and oxygen atoms in total. The minimum Gasteiger partial charge on any atom is -0.480 e. The van der Waals surface area contributed by atoms with E-state index in [1.807, 2.05) is 18.7 Å². The standard InChI is InChI=1S/C11H19NO3S/c1-2-3-9(11(14)15)12-10(13)8-4-6-16-7-5-8/h8-9H,2-7H2,1H3,(H,12,13)(H,14,15). The Labute approximate surface area is 100 Å². The molecule has 0 radical (unpaired) electrons. The van der Waals surface area contributed by atoms with Crippen molar-refractivity contribution >= 4 is 23.6 Å². The van der Waals surface area contributed by atoms with E-state index >= 15 is 0 Å². The second kappa shape index (κ2) is 6.78. The quantitative estimate of drug-likeness (QED) is 0.770. The van der Waals surface area contributed by atoms with Gasteiger partial charge in [0.25, 0.3) is 0 Å². The van der Waals surface area contributed by atoms with E-state index in [9.17, 15) is 9.59 Å². The Kier molecular flexibility index (Phi) is 5.66. The van der Waals surface area contributed by atoms with Gasteiger partial charge in [-0.2, -0.15) is 11.8 Å². The van der Waals surface area contributed by atoms with Crippen LogP contribution < -0.4 is 5.32 Å². The number of aliphatic carboxylic acids is 1. The molecule has 1 rings (SSSR count). The first-order valence-electron chi connectivity index (χ1n) is 5.76. The first-order valence-corrected chi connectivity index (χ1v) is 6.91. The molecule has 2 N–H and O–H groups in total. The van der Waals surface area contributed by atoms with Gasteiger partial charge in [-0.3, -0.25) is 4.79 Å². The zero-order valence-corrected chi connectivity index (χ0v) is 10.4. The highest BCUT2D eigenvalue weighted by Crippen LogP contribution is 2.22. The van der Waals surface area contributed by atoms with Crippen LogP contribution in [0, 0.1) is 5.92 Å². The van der Waals surface area contributed by atoms with Crippen LogP contribution in [0.15, 0.2) is 0 Å². The normalized spacial score (nSPS) is 19.1. The van der Waals surface area contributed by atoms with Gasteiger partial charge >= 0.3 is 5.97 Å². The average Bonchev–Trinajstić information content (AvgIpc) is 2.29. The highest BCUT2D eigenvalue weighted by molar-refractivity contribution is 7.99. The lowest BCUT2D eigenvalue weighted by molar-refractivity contribution is -0.142. The van der Waals surface area contributed by atoms with Crippen molar-refractivity contribution < 1.29 is 14.7 Å². The van der Waals surface area contributed by atoms with Crippen LogP contribution in [0.5, 0.6) is 0 Å². The first kappa shape index (κ1) is 13.4. The molecule has 16 heavy (non-hydrogen) atoms. The smallest absolute Gasteiger partial charge is 0.326 e. The van der Waals surface area contributed by atoms with Gasteiger partial charge in [-0.25, -0.2) is 4.79 Å². The third kappa shape index (κ3) is 4.04. The number of hydrogen-bond acceptors (Lipinski definition) is 3. The van der Waals surface area contributed by atoms with Gasteiger partial charge in [-0.05, 0) is 30.8 Å². The molecule has 1 aliphatic rings.